The molecule has 4 aromatic rings. The summed E-state index contributed by atoms with van der Waals surface area (Å²) in [5.74, 6) is -1.93. The number of anilines is 4. The number of hydrogen-bond donors (Lipinski definition) is 4. The van der Waals surface area contributed by atoms with Crippen LogP contribution < -0.4 is 22.1 Å². The van der Waals surface area contributed by atoms with Gasteiger partial charge in [0, 0.05) is 32.5 Å². The van der Waals surface area contributed by atoms with Crippen molar-refractivity contribution in [1.82, 2.24) is 0 Å². The van der Waals surface area contributed by atoms with Crippen molar-refractivity contribution in [3.05, 3.63) is 107 Å². The Morgan fingerprint density at radius 3 is 1.56 bits per heavy atom. The molecule has 0 saturated carbocycles. The van der Waals surface area contributed by atoms with Crippen LogP contribution in [0.1, 0.15) is 31.8 Å². The van der Waals surface area contributed by atoms with Crippen molar-refractivity contribution in [3.63, 3.8) is 0 Å². The molecule has 0 atom stereocenters. The number of carbonyl (C=O) groups is 2. The second-order valence-corrected chi connectivity index (χ2v) is 9.82. The summed E-state index contributed by atoms with van der Waals surface area (Å²) in [5.41, 5.74) is 7.67. The molecule has 2 amide bonds. The number of nitrogens with two attached hydrogens (primary N) is 2. The van der Waals surface area contributed by atoms with E-state index >= 15 is 0 Å². The van der Waals surface area contributed by atoms with Crippen molar-refractivity contribution in [1.29, 1.82) is 0 Å². The molecular weight excluding hydrogens is 570 g/mol. The van der Waals surface area contributed by atoms with Gasteiger partial charge >= 0.3 is 12.4 Å². The summed E-state index contributed by atoms with van der Waals surface area (Å²) in [6.45, 7) is 0. The van der Waals surface area contributed by atoms with Crippen molar-refractivity contribution in [2.75, 3.05) is 22.1 Å². The number of amides is 2. The number of carbonyl (C=O) groups excluding carboxylic acids is 2. The second-order valence-electron chi connectivity index (χ2n) is 8.67. The summed E-state index contributed by atoms with van der Waals surface area (Å²) in [4.78, 5) is 26.5. The van der Waals surface area contributed by atoms with E-state index in [2.05, 4.69) is 10.6 Å². The SMILES string of the molecule is Nc1ccc(C(=O)Nc2ccc(Sc3cccc(NC(=O)c4ccc(N)cc4C(F)(F)F)c3)cc2)c(C(F)(F)F)c1. The van der Waals surface area contributed by atoms with Crippen LogP contribution in [0.2, 0.25) is 0 Å². The molecule has 6 nitrogen and oxygen atoms in total. The first-order chi connectivity index (χ1) is 19.2. The molecule has 0 aliphatic heterocycles. The van der Waals surface area contributed by atoms with Gasteiger partial charge in [-0.1, -0.05) is 17.8 Å². The van der Waals surface area contributed by atoms with Crippen molar-refractivity contribution >= 4 is 46.3 Å². The zero-order valence-electron chi connectivity index (χ0n) is 20.7. The Morgan fingerprint density at radius 2 is 1.07 bits per heavy atom. The fraction of sp³-hybridized carbons (Fsp3) is 0.0714. The highest BCUT2D eigenvalue weighted by Crippen LogP contribution is 2.36. The molecule has 0 spiro atoms. The fourth-order valence-electron chi connectivity index (χ4n) is 3.77. The smallest absolute Gasteiger partial charge is 0.399 e. The normalized spacial score (nSPS) is 11.7. The number of rotatable bonds is 6. The van der Waals surface area contributed by atoms with E-state index < -0.39 is 46.4 Å². The molecular formula is C28H20F6N4O2S. The van der Waals surface area contributed by atoms with E-state index in [1.165, 1.54) is 42.1 Å². The topological polar surface area (TPSA) is 110 Å². The number of benzene rings is 4. The van der Waals surface area contributed by atoms with Crippen molar-refractivity contribution in [2.24, 2.45) is 0 Å². The van der Waals surface area contributed by atoms with Gasteiger partial charge in [0.15, 0.2) is 0 Å². The predicted octanol–water partition coefficient (Wildman–Crippen LogP) is 7.54. The van der Waals surface area contributed by atoms with Crippen LogP contribution in [0, 0.1) is 0 Å². The van der Waals surface area contributed by atoms with Gasteiger partial charge in [0.2, 0.25) is 0 Å². The highest BCUT2D eigenvalue weighted by molar-refractivity contribution is 7.99. The predicted molar refractivity (Wildman–Crippen MR) is 145 cm³/mol. The minimum Gasteiger partial charge on any atom is -0.399 e. The molecule has 0 aromatic heterocycles. The van der Waals surface area contributed by atoms with E-state index in [1.807, 2.05) is 0 Å². The standard InChI is InChI=1S/C28H20F6N4O2S/c29-27(30,31)23-12-15(35)4-10-21(23)25(39)37-17-6-8-19(9-7-17)41-20-3-1-2-18(14-20)38-26(40)22-11-5-16(36)13-24(22)28(32,33)34/h1-14H,35-36H2,(H,37,39)(H,38,40). The Balaban J connectivity index is 1.44. The van der Waals surface area contributed by atoms with E-state index in [4.69, 9.17) is 11.5 Å². The monoisotopic (exact) mass is 590 g/mol. The van der Waals surface area contributed by atoms with Crippen molar-refractivity contribution in [3.8, 4) is 0 Å². The molecule has 41 heavy (non-hydrogen) atoms. The lowest BCUT2D eigenvalue weighted by Gasteiger charge is -2.14. The first-order valence-electron chi connectivity index (χ1n) is 11.6. The Bertz CT molecular complexity index is 1600. The fourth-order valence-corrected chi connectivity index (χ4v) is 4.64. The van der Waals surface area contributed by atoms with Gasteiger partial charge in [-0.2, -0.15) is 26.3 Å². The third-order valence-electron chi connectivity index (χ3n) is 5.63. The first kappa shape index (κ1) is 29.3. The third-order valence-corrected chi connectivity index (χ3v) is 6.62. The molecule has 0 heterocycles. The molecule has 0 saturated heterocycles. The summed E-state index contributed by atoms with van der Waals surface area (Å²) in [6, 6.07) is 18.4. The number of hydrogen-bond acceptors (Lipinski definition) is 5. The van der Waals surface area contributed by atoms with E-state index in [0.717, 1.165) is 12.1 Å². The molecule has 0 unspecified atom stereocenters. The molecule has 6 N–H and O–H groups in total. The summed E-state index contributed by atoms with van der Waals surface area (Å²) in [6.07, 6.45) is -9.55. The summed E-state index contributed by atoms with van der Waals surface area (Å²) >= 11 is 1.24. The second kappa shape index (κ2) is 11.5. The van der Waals surface area contributed by atoms with Crippen LogP contribution in [-0.4, -0.2) is 11.8 Å². The highest BCUT2D eigenvalue weighted by atomic mass is 32.2. The zero-order chi connectivity index (χ0) is 29.9. The van der Waals surface area contributed by atoms with E-state index in [1.54, 1.807) is 30.3 Å². The molecule has 4 rings (SSSR count). The van der Waals surface area contributed by atoms with Gasteiger partial charge in [-0.15, -0.1) is 0 Å². The quantitative estimate of drug-likeness (QED) is 0.137. The molecule has 0 bridgehead atoms. The lowest BCUT2D eigenvalue weighted by Crippen LogP contribution is -2.19. The molecule has 0 aliphatic carbocycles. The van der Waals surface area contributed by atoms with Gasteiger partial charge in [-0.25, -0.2) is 0 Å². The minimum absolute atomic E-state index is 0.129. The molecule has 0 fully saturated rings. The number of nitrogen functional groups attached to an aromatic ring is 2. The summed E-state index contributed by atoms with van der Waals surface area (Å²) < 4.78 is 80.2. The minimum atomic E-state index is -4.78. The van der Waals surface area contributed by atoms with E-state index in [9.17, 15) is 35.9 Å². The third kappa shape index (κ3) is 7.31. The maximum absolute atomic E-state index is 13.4. The van der Waals surface area contributed by atoms with Crippen LogP contribution in [0.3, 0.4) is 0 Å². The highest BCUT2D eigenvalue weighted by Gasteiger charge is 2.36. The lowest BCUT2D eigenvalue weighted by molar-refractivity contribution is -0.138. The largest absolute Gasteiger partial charge is 0.417 e. The van der Waals surface area contributed by atoms with Gasteiger partial charge in [-0.05, 0) is 78.9 Å². The van der Waals surface area contributed by atoms with Crippen LogP contribution in [0.25, 0.3) is 0 Å². The van der Waals surface area contributed by atoms with Crippen LogP contribution in [-0.2, 0) is 12.4 Å². The van der Waals surface area contributed by atoms with Gasteiger partial charge in [-0.3, -0.25) is 9.59 Å². The molecule has 13 heteroatoms. The van der Waals surface area contributed by atoms with Crippen molar-refractivity contribution < 1.29 is 35.9 Å². The molecule has 0 aliphatic rings. The molecule has 4 aromatic carbocycles. The number of alkyl halides is 6. The Labute approximate surface area is 233 Å². The lowest BCUT2D eigenvalue weighted by atomic mass is 10.1. The maximum atomic E-state index is 13.4. The van der Waals surface area contributed by atoms with Crippen LogP contribution in [0.4, 0.5) is 49.1 Å². The average Bonchev–Trinajstić information content (AvgIpc) is 2.89. The van der Waals surface area contributed by atoms with Gasteiger partial charge < -0.3 is 22.1 Å². The van der Waals surface area contributed by atoms with E-state index in [0.29, 0.717) is 21.9 Å². The van der Waals surface area contributed by atoms with Crippen molar-refractivity contribution in [2.45, 2.75) is 22.1 Å². The zero-order valence-corrected chi connectivity index (χ0v) is 21.5. The Hall–Kier alpha value is -4.65. The average molecular weight is 591 g/mol. The Morgan fingerprint density at radius 1 is 0.585 bits per heavy atom. The van der Waals surface area contributed by atoms with Crippen LogP contribution in [0.15, 0.2) is 94.7 Å². The summed E-state index contributed by atoms with van der Waals surface area (Å²) in [7, 11) is 0. The van der Waals surface area contributed by atoms with Crippen LogP contribution in [0.5, 0.6) is 0 Å². The number of nitrogens with one attached hydrogen (secondary N) is 2. The first-order valence-corrected chi connectivity index (χ1v) is 12.5. The Kier molecular flexibility index (Phi) is 8.19. The van der Waals surface area contributed by atoms with Gasteiger partial charge in [0.25, 0.3) is 11.8 Å². The molecule has 0 radical (unpaired) electrons. The van der Waals surface area contributed by atoms with Gasteiger partial charge in [0.05, 0.1) is 22.3 Å². The maximum Gasteiger partial charge on any atom is 0.417 e. The summed E-state index contributed by atoms with van der Waals surface area (Å²) in [5, 5.41) is 4.87. The number of halogens is 6. The van der Waals surface area contributed by atoms with Gasteiger partial charge in [0.1, 0.15) is 0 Å². The molecule has 212 valence electrons. The van der Waals surface area contributed by atoms with Crippen LogP contribution >= 0.6 is 11.8 Å². The van der Waals surface area contributed by atoms with E-state index in [-0.39, 0.29) is 22.7 Å².